The Labute approximate surface area is 133 Å². The van der Waals surface area contributed by atoms with E-state index in [9.17, 15) is 4.79 Å². The van der Waals surface area contributed by atoms with Crippen LogP contribution in [-0.4, -0.2) is 33.9 Å². The predicted octanol–water partition coefficient (Wildman–Crippen LogP) is 1.21. The third kappa shape index (κ3) is 3.23. The molecule has 0 saturated heterocycles. The van der Waals surface area contributed by atoms with Crippen LogP contribution in [0.4, 0.5) is 0 Å². The summed E-state index contributed by atoms with van der Waals surface area (Å²) >= 11 is 0. The molecule has 0 aliphatic heterocycles. The van der Waals surface area contributed by atoms with Crippen LogP contribution in [0.5, 0.6) is 0 Å². The minimum absolute atomic E-state index is 0.125. The zero-order chi connectivity index (χ0) is 16.2. The number of aromatic nitrogens is 2. The number of aliphatic hydroxyl groups excluding tert-OH is 1. The quantitative estimate of drug-likeness (QED) is 0.597. The summed E-state index contributed by atoms with van der Waals surface area (Å²) in [6.07, 6.45) is 1.88. The lowest BCUT2D eigenvalue weighted by Gasteiger charge is -2.05. The molecular weight excluding hydrogens is 292 g/mol. The maximum atomic E-state index is 11.5. The topological polar surface area (TPSA) is 93.2 Å². The van der Waals surface area contributed by atoms with Gasteiger partial charge in [-0.1, -0.05) is 24.3 Å². The molecule has 1 amide bonds. The molecule has 2 aromatic carbocycles. The molecule has 6 nitrogen and oxygen atoms in total. The highest BCUT2D eigenvalue weighted by molar-refractivity contribution is 6.04. The molecule has 1 heterocycles. The molecule has 0 unspecified atom stereocenters. The molecule has 0 aliphatic rings. The third-order valence-electron chi connectivity index (χ3n) is 3.62. The Hall–Kier alpha value is -2.70. The van der Waals surface area contributed by atoms with Crippen LogP contribution in [-0.2, 0) is 6.54 Å². The average Bonchev–Trinajstić information content (AvgIpc) is 2.99. The lowest BCUT2D eigenvalue weighted by atomic mass is 10.1. The van der Waals surface area contributed by atoms with Gasteiger partial charge in [-0.15, -0.1) is 0 Å². The first-order valence-corrected chi connectivity index (χ1v) is 7.38. The smallest absolute Gasteiger partial charge is 0.250 e. The minimum Gasteiger partial charge on any atom is -0.395 e. The molecule has 0 spiro atoms. The standard InChI is InChI=1S/C17H18N4O2/c18-17(23)15-3-1-2-13-11-21(20-16(13)15)14-6-4-12(5-7-14)10-19-8-9-22/h1-7,11,19,22H,8-10H2,(H2,18,23). The van der Waals surface area contributed by atoms with Gasteiger partial charge in [0.05, 0.1) is 17.9 Å². The molecule has 0 fully saturated rings. The second-order valence-corrected chi connectivity index (χ2v) is 5.25. The van der Waals surface area contributed by atoms with Gasteiger partial charge in [0.1, 0.15) is 5.52 Å². The Morgan fingerprint density at radius 3 is 2.70 bits per heavy atom. The molecule has 0 radical (unpaired) electrons. The highest BCUT2D eigenvalue weighted by Crippen LogP contribution is 2.19. The first-order chi connectivity index (χ1) is 11.2. The van der Waals surface area contributed by atoms with Crippen LogP contribution in [0, 0.1) is 0 Å². The van der Waals surface area contributed by atoms with Gasteiger partial charge < -0.3 is 16.2 Å². The van der Waals surface area contributed by atoms with Crippen LogP contribution in [0.1, 0.15) is 15.9 Å². The predicted molar refractivity (Wildman–Crippen MR) is 88.4 cm³/mol. The molecule has 0 saturated carbocycles. The van der Waals surface area contributed by atoms with Gasteiger partial charge in [0.2, 0.25) is 0 Å². The number of aliphatic hydroxyl groups is 1. The fourth-order valence-electron chi connectivity index (χ4n) is 2.45. The number of fused-ring (bicyclic) bond motifs is 1. The molecular formula is C17H18N4O2. The van der Waals surface area contributed by atoms with Gasteiger partial charge >= 0.3 is 0 Å². The Morgan fingerprint density at radius 1 is 1.22 bits per heavy atom. The van der Waals surface area contributed by atoms with Gasteiger partial charge in [0.25, 0.3) is 5.91 Å². The lowest BCUT2D eigenvalue weighted by molar-refractivity contribution is 0.100. The number of nitrogens with two attached hydrogens (primary N) is 1. The van der Waals surface area contributed by atoms with Crippen molar-refractivity contribution in [3.63, 3.8) is 0 Å². The Bertz CT molecular complexity index is 824. The average molecular weight is 310 g/mol. The summed E-state index contributed by atoms with van der Waals surface area (Å²) in [6.45, 7) is 1.40. The molecule has 118 valence electrons. The van der Waals surface area contributed by atoms with Crippen molar-refractivity contribution >= 4 is 16.8 Å². The van der Waals surface area contributed by atoms with Crippen molar-refractivity contribution in [3.8, 4) is 5.69 Å². The van der Waals surface area contributed by atoms with E-state index in [4.69, 9.17) is 10.8 Å². The Balaban J connectivity index is 1.88. The van der Waals surface area contributed by atoms with Crippen LogP contribution in [0.3, 0.4) is 0 Å². The monoisotopic (exact) mass is 310 g/mol. The van der Waals surface area contributed by atoms with Crippen LogP contribution >= 0.6 is 0 Å². The number of nitrogens with one attached hydrogen (secondary N) is 1. The second-order valence-electron chi connectivity index (χ2n) is 5.25. The van der Waals surface area contributed by atoms with Crippen molar-refractivity contribution in [3.05, 3.63) is 59.8 Å². The van der Waals surface area contributed by atoms with Crippen molar-refractivity contribution in [1.82, 2.24) is 15.1 Å². The normalized spacial score (nSPS) is 11.0. The van der Waals surface area contributed by atoms with E-state index in [0.717, 1.165) is 16.6 Å². The van der Waals surface area contributed by atoms with Crippen LogP contribution < -0.4 is 11.1 Å². The highest BCUT2D eigenvalue weighted by Gasteiger charge is 2.10. The largest absolute Gasteiger partial charge is 0.395 e. The fourth-order valence-corrected chi connectivity index (χ4v) is 2.45. The summed E-state index contributed by atoms with van der Waals surface area (Å²) in [5.41, 5.74) is 8.45. The molecule has 23 heavy (non-hydrogen) atoms. The maximum Gasteiger partial charge on any atom is 0.250 e. The summed E-state index contributed by atoms with van der Waals surface area (Å²) in [7, 11) is 0. The van der Waals surface area contributed by atoms with E-state index in [2.05, 4.69) is 10.4 Å². The molecule has 4 N–H and O–H groups in total. The number of carbonyl (C=O) groups excluding carboxylic acids is 1. The van der Waals surface area contributed by atoms with Crippen LogP contribution in [0.15, 0.2) is 48.7 Å². The van der Waals surface area contributed by atoms with Gasteiger partial charge in [-0.2, -0.15) is 5.10 Å². The van der Waals surface area contributed by atoms with Crippen LogP contribution in [0.2, 0.25) is 0 Å². The molecule has 3 rings (SSSR count). The fraction of sp³-hybridized carbons (Fsp3) is 0.176. The van der Waals surface area contributed by atoms with E-state index in [1.807, 2.05) is 36.5 Å². The molecule has 0 atom stereocenters. The van der Waals surface area contributed by atoms with E-state index in [1.165, 1.54) is 0 Å². The number of benzene rings is 2. The van der Waals surface area contributed by atoms with E-state index in [-0.39, 0.29) is 6.61 Å². The zero-order valence-corrected chi connectivity index (χ0v) is 12.6. The number of primary amides is 1. The molecule has 3 aromatic rings. The van der Waals surface area contributed by atoms with E-state index < -0.39 is 5.91 Å². The Kier molecular flexibility index (Phi) is 4.36. The SMILES string of the molecule is NC(=O)c1cccc2cn(-c3ccc(CNCCO)cc3)nc12. The minimum atomic E-state index is -0.480. The number of nitrogens with zero attached hydrogens (tertiary/aromatic N) is 2. The summed E-state index contributed by atoms with van der Waals surface area (Å²) in [6, 6.07) is 13.3. The summed E-state index contributed by atoms with van der Waals surface area (Å²) in [5.74, 6) is -0.480. The first-order valence-electron chi connectivity index (χ1n) is 7.38. The summed E-state index contributed by atoms with van der Waals surface area (Å²) < 4.78 is 1.74. The van der Waals surface area contributed by atoms with Crippen molar-refractivity contribution < 1.29 is 9.90 Å². The van der Waals surface area contributed by atoms with E-state index >= 15 is 0 Å². The molecule has 0 bridgehead atoms. The Morgan fingerprint density at radius 2 is 2.00 bits per heavy atom. The molecule has 1 aromatic heterocycles. The first kappa shape index (κ1) is 15.2. The van der Waals surface area contributed by atoms with E-state index in [1.54, 1.807) is 16.8 Å². The highest BCUT2D eigenvalue weighted by atomic mass is 16.3. The van der Waals surface area contributed by atoms with Crippen molar-refractivity contribution in [2.45, 2.75) is 6.54 Å². The van der Waals surface area contributed by atoms with Crippen molar-refractivity contribution in [1.29, 1.82) is 0 Å². The summed E-state index contributed by atoms with van der Waals surface area (Å²) in [4.78, 5) is 11.5. The maximum absolute atomic E-state index is 11.5. The van der Waals surface area contributed by atoms with Gasteiger partial charge in [0.15, 0.2) is 0 Å². The van der Waals surface area contributed by atoms with Crippen LogP contribution in [0.25, 0.3) is 16.6 Å². The van der Waals surface area contributed by atoms with Gasteiger partial charge in [-0.3, -0.25) is 4.79 Å². The van der Waals surface area contributed by atoms with Gasteiger partial charge in [0, 0.05) is 24.7 Å². The van der Waals surface area contributed by atoms with Gasteiger partial charge in [-0.25, -0.2) is 4.68 Å². The molecule has 6 heteroatoms. The zero-order valence-electron chi connectivity index (χ0n) is 12.6. The number of amides is 1. The van der Waals surface area contributed by atoms with Crippen molar-refractivity contribution in [2.75, 3.05) is 13.2 Å². The number of hydrogen-bond donors (Lipinski definition) is 3. The third-order valence-corrected chi connectivity index (χ3v) is 3.62. The summed E-state index contributed by atoms with van der Waals surface area (Å²) in [5, 5.41) is 17.2. The van der Waals surface area contributed by atoms with Gasteiger partial charge in [-0.05, 0) is 23.8 Å². The lowest BCUT2D eigenvalue weighted by Crippen LogP contribution is -2.17. The van der Waals surface area contributed by atoms with E-state index in [0.29, 0.717) is 24.2 Å². The second kappa shape index (κ2) is 6.60. The number of hydrogen-bond acceptors (Lipinski definition) is 4. The molecule has 0 aliphatic carbocycles. The van der Waals surface area contributed by atoms with Crippen molar-refractivity contribution in [2.24, 2.45) is 5.73 Å². The number of rotatable bonds is 6. The number of carbonyl (C=O) groups is 1.